The molecule has 1 unspecified atom stereocenters. The predicted octanol–water partition coefficient (Wildman–Crippen LogP) is 3.98. The van der Waals surface area contributed by atoms with E-state index in [1.54, 1.807) is 0 Å². The zero-order valence-electron chi connectivity index (χ0n) is 15.2. The van der Waals surface area contributed by atoms with Crippen LogP contribution in [0.1, 0.15) is 36.6 Å². The van der Waals surface area contributed by atoms with E-state index in [9.17, 15) is 4.79 Å². The van der Waals surface area contributed by atoms with Crippen molar-refractivity contribution in [2.75, 3.05) is 6.54 Å². The minimum Gasteiger partial charge on any atom is -0.356 e. The van der Waals surface area contributed by atoms with Gasteiger partial charge in [0.25, 0.3) is 0 Å². The molecule has 5 heteroatoms. The van der Waals surface area contributed by atoms with Crippen LogP contribution in [0.3, 0.4) is 0 Å². The maximum absolute atomic E-state index is 12.7. The lowest BCUT2D eigenvalue weighted by Crippen LogP contribution is -2.31. The van der Waals surface area contributed by atoms with Gasteiger partial charge in [-0.25, -0.2) is 0 Å². The highest BCUT2D eigenvalue weighted by Crippen LogP contribution is 2.42. The lowest BCUT2D eigenvalue weighted by atomic mass is 9.93. The number of amides is 1. The lowest BCUT2D eigenvalue weighted by molar-refractivity contribution is -0.123. The Hall–Kier alpha value is -2.95. The van der Waals surface area contributed by atoms with Gasteiger partial charge in [-0.2, -0.15) is 4.98 Å². The summed E-state index contributed by atoms with van der Waals surface area (Å²) in [4.78, 5) is 17.1. The van der Waals surface area contributed by atoms with Gasteiger partial charge in [0.05, 0.1) is 5.92 Å². The highest BCUT2D eigenvalue weighted by Gasteiger charge is 2.36. The van der Waals surface area contributed by atoms with Crippen LogP contribution >= 0.6 is 0 Å². The first-order valence-electron chi connectivity index (χ1n) is 9.52. The molecule has 1 aromatic heterocycles. The summed E-state index contributed by atoms with van der Waals surface area (Å²) in [6.45, 7) is 0.609. The minimum absolute atomic E-state index is 0.0284. The maximum Gasteiger partial charge on any atom is 0.227 e. The van der Waals surface area contributed by atoms with E-state index in [2.05, 4.69) is 15.5 Å². The van der Waals surface area contributed by atoms with Gasteiger partial charge < -0.3 is 9.84 Å². The van der Waals surface area contributed by atoms with Gasteiger partial charge >= 0.3 is 0 Å². The summed E-state index contributed by atoms with van der Waals surface area (Å²) >= 11 is 0. The van der Waals surface area contributed by atoms with E-state index in [1.165, 1.54) is 0 Å². The second-order valence-corrected chi connectivity index (χ2v) is 7.00. The summed E-state index contributed by atoms with van der Waals surface area (Å²) < 4.78 is 5.32. The molecular weight excluding hydrogens is 338 g/mol. The standard InChI is InChI=1S/C22H23N3O2/c26-22(20(17-13-14-17)16-8-3-1-4-9-16)23-15-7-12-19-24-21(25-27-19)18-10-5-2-6-11-18/h1-6,8-11,17,20H,7,12-15H2,(H,23,26). The Balaban J connectivity index is 1.27. The minimum atomic E-state index is -0.0284. The van der Waals surface area contributed by atoms with Gasteiger partial charge in [-0.1, -0.05) is 65.8 Å². The second kappa shape index (κ2) is 8.16. The number of carbonyl (C=O) groups is 1. The van der Waals surface area contributed by atoms with Gasteiger partial charge in [-0.3, -0.25) is 4.79 Å². The number of benzene rings is 2. The molecule has 1 fully saturated rings. The third-order valence-electron chi connectivity index (χ3n) is 4.90. The first-order chi connectivity index (χ1) is 13.3. The summed E-state index contributed by atoms with van der Waals surface area (Å²) in [5.74, 6) is 1.78. The Kier molecular flexibility index (Phi) is 5.28. The summed E-state index contributed by atoms with van der Waals surface area (Å²) in [5.41, 5.74) is 2.05. The highest BCUT2D eigenvalue weighted by atomic mass is 16.5. The van der Waals surface area contributed by atoms with Crippen LogP contribution in [0.25, 0.3) is 11.4 Å². The van der Waals surface area contributed by atoms with Crippen LogP contribution in [0.15, 0.2) is 65.2 Å². The summed E-state index contributed by atoms with van der Waals surface area (Å²) in [5, 5.41) is 7.11. The average molecular weight is 361 g/mol. The lowest BCUT2D eigenvalue weighted by Gasteiger charge is -2.16. The molecule has 27 heavy (non-hydrogen) atoms. The van der Waals surface area contributed by atoms with Crippen molar-refractivity contribution in [2.24, 2.45) is 5.92 Å². The van der Waals surface area contributed by atoms with Crippen molar-refractivity contribution in [3.63, 3.8) is 0 Å². The number of aryl methyl sites for hydroxylation is 1. The zero-order valence-corrected chi connectivity index (χ0v) is 15.2. The van der Waals surface area contributed by atoms with Crippen molar-refractivity contribution >= 4 is 5.91 Å². The molecule has 1 saturated carbocycles. The van der Waals surface area contributed by atoms with E-state index in [1.807, 2.05) is 60.7 Å². The summed E-state index contributed by atoms with van der Waals surface area (Å²) in [7, 11) is 0. The number of carbonyl (C=O) groups excluding carboxylic acids is 1. The Morgan fingerprint density at radius 3 is 2.48 bits per heavy atom. The number of hydrogen-bond acceptors (Lipinski definition) is 4. The normalized spacial score (nSPS) is 14.7. The number of rotatable bonds is 8. The van der Waals surface area contributed by atoms with Crippen molar-refractivity contribution in [1.82, 2.24) is 15.5 Å². The number of nitrogens with one attached hydrogen (secondary N) is 1. The zero-order chi connectivity index (χ0) is 18.5. The largest absolute Gasteiger partial charge is 0.356 e. The molecule has 1 heterocycles. The SMILES string of the molecule is O=C(NCCCc1nc(-c2ccccc2)no1)C(c1ccccc1)C1CC1. The van der Waals surface area contributed by atoms with E-state index < -0.39 is 0 Å². The Bertz CT molecular complexity index is 873. The molecule has 0 aliphatic heterocycles. The maximum atomic E-state index is 12.7. The average Bonchev–Trinajstić information content (AvgIpc) is 3.43. The molecule has 1 amide bonds. The summed E-state index contributed by atoms with van der Waals surface area (Å²) in [6.07, 6.45) is 3.70. The van der Waals surface area contributed by atoms with Crippen LogP contribution in [-0.2, 0) is 11.2 Å². The van der Waals surface area contributed by atoms with E-state index in [4.69, 9.17) is 4.52 Å². The fourth-order valence-electron chi connectivity index (χ4n) is 3.35. The third kappa shape index (κ3) is 4.42. The third-order valence-corrected chi connectivity index (χ3v) is 4.90. The molecule has 4 rings (SSSR count). The predicted molar refractivity (Wildman–Crippen MR) is 103 cm³/mol. The van der Waals surface area contributed by atoms with Crippen molar-refractivity contribution in [1.29, 1.82) is 0 Å². The van der Waals surface area contributed by atoms with E-state index >= 15 is 0 Å². The van der Waals surface area contributed by atoms with Crippen molar-refractivity contribution in [2.45, 2.75) is 31.6 Å². The molecule has 0 radical (unpaired) electrons. The molecule has 1 aliphatic carbocycles. The van der Waals surface area contributed by atoms with E-state index in [-0.39, 0.29) is 11.8 Å². The number of nitrogens with zero attached hydrogens (tertiary/aromatic N) is 2. The van der Waals surface area contributed by atoms with Gasteiger partial charge in [0.2, 0.25) is 17.6 Å². The second-order valence-electron chi connectivity index (χ2n) is 7.00. The molecule has 0 bridgehead atoms. The Morgan fingerprint density at radius 2 is 1.78 bits per heavy atom. The molecule has 3 aromatic rings. The first-order valence-corrected chi connectivity index (χ1v) is 9.52. The van der Waals surface area contributed by atoms with Gasteiger partial charge in [-0.15, -0.1) is 0 Å². The number of hydrogen-bond donors (Lipinski definition) is 1. The van der Waals surface area contributed by atoms with Crippen molar-refractivity contribution < 1.29 is 9.32 Å². The molecule has 5 nitrogen and oxygen atoms in total. The van der Waals surface area contributed by atoms with Crippen LogP contribution in [-0.4, -0.2) is 22.6 Å². The number of aromatic nitrogens is 2. The van der Waals surface area contributed by atoms with Crippen LogP contribution in [0.2, 0.25) is 0 Å². The van der Waals surface area contributed by atoms with Gasteiger partial charge in [-0.05, 0) is 30.7 Å². The topological polar surface area (TPSA) is 68.0 Å². The van der Waals surface area contributed by atoms with Crippen molar-refractivity contribution in [3.05, 3.63) is 72.1 Å². The fourth-order valence-corrected chi connectivity index (χ4v) is 3.35. The van der Waals surface area contributed by atoms with Crippen molar-refractivity contribution in [3.8, 4) is 11.4 Å². The van der Waals surface area contributed by atoms with Crippen LogP contribution in [0, 0.1) is 5.92 Å². The van der Waals surface area contributed by atoms with Gasteiger partial charge in [0.15, 0.2) is 0 Å². The Labute approximate surface area is 158 Å². The quantitative estimate of drug-likeness (QED) is 0.616. The van der Waals surface area contributed by atoms with Gasteiger partial charge in [0, 0.05) is 18.5 Å². The molecular formula is C22H23N3O2. The van der Waals surface area contributed by atoms with E-state index in [0.717, 1.165) is 30.4 Å². The van der Waals surface area contributed by atoms with E-state index in [0.29, 0.717) is 30.6 Å². The van der Waals surface area contributed by atoms with Crippen LogP contribution < -0.4 is 5.32 Å². The molecule has 1 aliphatic rings. The molecule has 0 spiro atoms. The van der Waals surface area contributed by atoms with Crippen LogP contribution in [0.5, 0.6) is 0 Å². The first kappa shape index (κ1) is 17.5. The molecule has 2 aromatic carbocycles. The molecule has 1 N–H and O–H groups in total. The van der Waals surface area contributed by atoms with Gasteiger partial charge in [0.1, 0.15) is 0 Å². The summed E-state index contributed by atoms with van der Waals surface area (Å²) in [6, 6.07) is 19.8. The Morgan fingerprint density at radius 1 is 1.07 bits per heavy atom. The molecule has 138 valence electrons. The molecule has 0 saturated heterocycles. The molecule has 1 atom stereocenters. The fraction of sp³-hybridized carbons (Fsp3) is 0.318. The smallest absolute Gasteiger partial charge is 0.227 e. The van der Waals surface area contributed by atoms with Crippen LogP contribution in [0.4, 0.5) is 0 Å². The highest BCUT2D eigenvalue weighted by molar-refractivity contribution is 5.84. The monoisotopic (exact) mass is 361 g/mol.